The fourth-order valence-corrected chi connectivity index (χ4v) is 2.49. The molecule has 1 aliphatic heterocycles. The quantitative estimate of drug-likeness (QED) is 0.788. The Morgan fingerprint density at radius 2 is 1.84 bits per heavy atom. The largest absolute Gasteiger partial charge is 0.463 e. The van der Waals surface area contributed by atoms with E-state index < -0.39 is 0 Å². The molecule has 4 nitrogen and oxygen atoms in total. The number of para-hydroxylation sites is 1. The van der Waals surface area contributed by atoms with Crippen molar-refractivity contribution >= 4 is 16.9 Å². The summed E-state index contributed by atoms with van der Waals surface area (Å²) in [7, 11) is 0. The number of nitrogens with zero attached hydrogens (tertiary/aromatic N) is 1. The maximum absolute atomic E-state index is 12.3. The highest BCUT2D eigenvalue weighted by Crippen LogP contribution is 2.14. The first kappa shape index (κ1) is 12.0. The molecule has 1 amide bonds. The van der Waals surface area contributed by atoms with Crippen molar-refractivity contribution in [1.82, 2.24) is 4.90 Å². The molecule has 1 aromatic carbocycles. The highest BCUT2D eigenvalue weighted by atomic mass is 16.3. The molecule has 0 bridgehead atoms. The minimum absolute atomic E-state index is 0.139. The molecule has 3 rings (SSSR count). The molecule has 98 valence electrons. The Kier molecular flexibility index (Phi) is 3.07. The number of hydrogen-bond donors (Lipinski definition) is 0. The van der Waals surface area contributed by atoms with Crippen molar-refractivity contribution in [1.29, 1.82) is 0 Å². The highest BCUT2D eigenvalue weighted by molar-refractivity contribution is 5.96. The van der Waals surface area contributed by atoms with E-state index >= 15 is 0 Å². The van der Waals surface area contributed by atoms with Crippen LogP contribution in [0.3, 0.4) is 0 Å². The molecular formula is C15H15NO3. The zero-order chi connectivity index (χ0) is 13.2. The number of carbonyl (C=O) groups excluding carboxylic acids is 1. The van der Waals surface area contributed by atoms with E-state index in [9.17, 15) is 9.59 Å². The third-order valence-electron chi connectivity index (χ3n) is 3.55. The van der Waals surface area contributed by atoms with Gasteiger partial charge in [0.05, 0.1) is 5.39 Å². The Labute approximate surface area is 110 Å². The van der Waals surface area contributed by atoms with Crippen LogP contribution in [0.15, 0.2) is 39.7 Å². The Morgan fingerprint density at radius 3 is 2.63 bits per heavy atom. The van der Waals surface area contributed by atoms with Crippen molar-refractivity contribution in [2.24, 2.45) is 0 Å². The van der Waals surface area contributed by atoms with Crippen LogP contribution in [0, 0.1) is 0 Å². The van der Waals surface area contributed by atoms with E-state index in [1.807, 2.05) is 0 Å². The molecule has 4 heteroatoms. The van der Waals surface area contributed by atoms with Crippen molar-refractivity contribution in [3.8, 4) is 0 Å². The number of amides is 1. The smallest absolute Gasteiger partial charge is 0.261 e. The van der Waals surface area contributed by atoms with Gasteiger partial charge >= 0.3 is 0 Å². The maximum Gasteiger partial charge on any atom is 0.261 e. The lowest BCUT2D eigenvalue weighted by Gasteiger charge is -2.26. The van der Waals surface area contributed by atoms with Gasteiger partial charge in [0.25, 0.3) is 5.91 Å². The Morgan fingerprint density at radius 1 is 1.11 bits per heavy atom. The lowest BCUT2D eigenvalue weighted by Crippen LogP contribution is -2.37. The predicted octanol–water partition coefficient (Wildman–Crippen LogP) is 2.42. The van der Waals surface area contributed by atoms with Gasteiger partial charge in [-0.15, -0.1) is 0 Å². The highest BCUT2D eigenvalue weighted by Gasteiger charge is 2.22. The maximum atomic E-state index is 12.3. The molecule has 2 aromatic rings. The van der Waals surface area contributed by atoms with Gasteiger partial charge in [0.15, 0.2) is 0 Å². The first-order valence-electron chi connectivity index (χ1n) is 6.57. The van der Waals surface area contributed by atoms with Crippen molar-refractivity contribution in [3.05, 3.63) is 46.3 Å². The van der Waals surface area contributed by atoms with E-state index in [1.54, 1.807) is 29.2 Å². The molecule has 19 heavy (non-hydrogen) atoms. The van der Waals surface area contributed by atoms with E-state index in [0.717, 1.165) is 32.4 Å². The van der Waals surface area contributed by atoms with Crippen molar-refractivity contribution < 1.29 is 9.21 Å². The SMILES string of the molecule is O=C(c1coc2ccccc2c1=O)N1CCCCC1. The summed E-state index contributed by atoms with van der Waals surface area (Å²) in [6.45, 7) is 1.45. The minimum Gasteiger partial charge on any atom is -0.463 e. The zero-order valence-electron chi connectivity index (χ0n) is 10.6. The lowest BCUT2D eigenvalue weighted by molar-refractivity contribution is 0.0721. The molecule has 1 fully saturated rings. The molecule has 1 aromatic heterocycles. The number of fused-ring (bicyclic) bond motifs is 1. The molecule has 0 aliphatic carbocycles. The minimum atomic E-state index is -0.238. The third-order valence-corrected chi connectivity index (χ3v) is 3.55. The summed E-state index contributed by atoms with van der Waals surface area (Å²) in [4.78, 5) is 26.4. The number of likely N-dealkylation sites (tertiary alicyclic amines) is 1. The second kappa shape index (κ2) is 4.88. The van der Waals surface area contributed by atoms with Crippen LogP contribution in [0.2, 0.25) is 0 Å². The summed E-state index contributed by atoms with van der Waals surface area (Å²) >= 11 is 0. The molecule has 0 unspecified atom stereocenters. The van der Waals surface area contributed by atoms with Crippen LogP contribution in [-0.2, 0) is 0 Å². The lowest BCUT2D eigenvalue weighted by atomic mass is 10.1. The first-order valence-corrected chi connectivity index (χ1v) is 6.57. The summed E-state index contributed by atoms with van der Waals surface area (Å²) in [5, 5.41) is 0.463. The molecule has 0 spiro atoms. The van der Waals surface area contributed by atoms with Gasteiger partial charge in [-0.05, 0) is 31.4 Å². The Balaban J connectivity index is 2.03. The van der Waals surface area contributed by atoms with Crippen molar-refractivity contribution in [2.75, 3.05) is 13.1 Å². The number of benzene rings is 1. The summed E-state index contributed by atoms with van der Waals surface area (Å²) in [6.07, 6.45) is 4.45. The second-order valence-corrected chi connectivity index (χ2v) is 4.83. The normalized spacial score (nSPS) is 15.7. The summed E-state index contributed by atoms with van der Waals surface area (Å²) in [5.74, 6) is -0.209. The van der Waals surface area contributed by atoms with Gasteiger partial charge < -0.3 is 9.32 Å². The van der Waals surface area contributed by atoms with Crippen LogP contribution in [0.25, 0.3) is 11.0 Å². The average Bonchev–Trinajstić information content (AvgIpc) is 2.48. The van der Waals surface area contributed by atoms with Crippen LogP contribution < -0.4 is 5.43 Å². The standard InChI is InChI=1S/C15H15NO3/c17-14-11-6-2-3-7-13(11)19-10-12(14)15(18)16-8-4-1-5-9-16/h2-3,6-7,10H,1,4-5,8-9H2. The fraction of sp³-hybridized carbons (Fsp3) is 0.333. The van der Waals surface area contributed by atoms with E-state index in [1.165, 1.54) is 6.26 Å². The topological polar surface area (TPSA) is 50.5 Å². The van der Waals surface area contributed by atoms with E-state index in [4.69, 9.17) is 4.42 Å². The van der Waals surface area contributed by atoms with Gasteiger partial charge in [-0.1, -0.05) is 12.1 Å². The van der Waals surface area contributed by atoms with E-state index in [2.05, 4.69) is 0 Å². The molecule has 0 saturated carbocycles. The van der Waals surface area contributed by atoms with Gasteiger partial charge in [-0.25, -0.2) is 0 Å². The van der Waals surface area contributed by atoms with Gasteiger partial charge in [-0.3, -0.25) is 9.59 Å². The summed E-state index contributed by atoms with van der Waals surface area (Å²) < 4.78 is 5.39. The first-order chi connectivity index (χ1) is 9.27. The number of piperidine rings is 1. The second-order valence-electron chi connectivity index (χ2n) is 4.83. The summed E-state index contributed by atoms with van der Waals surface area (Å²) in [5.41, 5.74) is 0.417. The zero-order valence-corrected chi connectivity index (χ0v) is 10.6. The van der Waals surface area contributed by atoms with Crippen LogP contribution in [-0.4, -0.2) is 23.9 Å². The molecule has 1 aliphatic rings. The molecule has 1 saturated heterocycles. The number of carbonyl (C=O) groups is 1. The van der Waals surface area contributed by atoms with Crippen LogP contribution >= 0.6 is 0 Å². The van der Waals surface area contributed by atoms with Gasteiger partial charge in [0, 0.05) is 13.1 Å². The van der Waals surface area contributed by atoms with Gasteiger partial charge in [-0.2, -0.15) is 0 Å². The number of hydrogen-bond acceptors (Lipinski definition) is 3. The predicted molar refractivity (Wildman–Crippen MR) is 72.2 cm³/mol. The fourth-order valence-electron chi connectivity index (χ4n) is 2.49. The summed E-state index contributed by atoms with van der Waals surface area (Å²) in [6, 6.07) is 6.99. The monoisotopic (exact) mass is 257 g/mol. The van der Waals surface area contributed by atoms with Crippen LogP contribution in [0.5, 0.6) is 0 Å². The molecule has 0 N–H and O–H groups in total. The van der Waals surface area contributed by atoms with Crippen LogP contribution in [0.4, 0.5) is 0 Å². The van der Waals surface area contributed by atoms with E-state index in [0.29, 0.717) is 11.0 Å². The Bertz CT molecular complexity index is 668. The van der Waals surface area contributed by atoms with Gasteiger partial charge in [0.2, 0.25) is 5.43 Å². The average molecular weight is 257 g/mol. The third kappa shape index (κ3) is 2.14. The van der Waals surface area contributed by atoms with Crippen molar-refractivity contribution in [3.63, 3.8) is 0 Å². The molecular weight excluding hydrogens is 242 g/mol. The number of rotatable bonds is 1. The molecule has 0 radical (unpaired) electrons. The van der Waals surface area contributed by atoms with Crippen molar-refractivity contribution in [2.45, 2.75) is 19.3 Å². The van der Waals surface area contributed by atoms with Gasteiger partial charge in [0.1, 0.15) is 17.4 Å². The molecule has 2 heterocycles. The van der Waals surface area contributed by atoms with E-state index in [-0.39, 0.29) is 16.9 Å². The van der Waals surface area contributed by atoms with Crippen LogP contribution in [0.1, 0.15) is 29.6 Å². The Hall–Kier alpha value is -2.10. The molecule has 0 atom stereocenters.